The fourth-order valence-electron chi connectivity index (χ4n) is 3.43. The summed E-state index contributed by atoms with van der Waals surface area (Å²) in [6, 6.07) is 15.6. The first-order chi connectivity index (χ1) is 14.0. The van der Waals surface area contributed by atoms with E-state index < -0.39 is 0 Å². The van der Waals surface area contributed by atoms with E-state index in [9.17, 15) is 4.79 Å². The number of ether oxygens (including phenoxy) is 2. The quantitative estimate of drug-likeness (QED) is 0.673. The van der Waals surface area contributed by atoms with Crippen LogP contribution in [0.25, 0.3) is 0 Å². The van der Waals surface area contributed by atoms with E-state index in [0.29, 0.717) is 25.6 Å². The van der Waals surface area contributed by atoms with Crippen LogP contribution in [0.4, 0.5) is 16.2 Å². The van der Waals surface area contributed by atoms with Gasteiger partial charge in [-0.05, 0) is 43.7 Å². The van der Waals surface area contributed by atoms with Crippen LogP contribution in [-0.4, -0.2) is 29.0 Å². The number of nitrogens with one attached hydrogen (secondary N) is 1. The summed E-state index contributed by atoms with van der Waals surface area (Å²) in [4.78, 5) is 13.6. The molecule has 1 aliphatic heterocycles. The predicted molar refractivity (Wildman–Crippen MR) is 112 cm³/mol. The maximum absolute atomic E-state index is 11.9. The van der Waals surface area contributed by atoms with Crippen molar-refractivity contribution in [2.75, 3.05) is 23.4 Å². The van der Waals surface area contributed by atoms with Crippen LogP contribution in [0.2, 0.25) is 0 Å². The highest BCUT2D eigenvalue weighted by atomic mass is 16.6. The van der Waals surface area contributed by atoms with Gasteiger partial charge in [0, 0.05) is 19.3 Å². The van der Waals surface area contributed by atoms with Gasteiger partial charge in [0.1, 0.15) is 12.4 Å². The van der Waals surface area contributed by atoms with Crippen LogP contribution >= 0.6 is 0 Å². The lowest BCUT2D eigenvalue weighted by Gasteiger charge is -2.17. The molecule has 1 aromatic heterocycles. The van der Waals surface area contributed by atoms with Gasteiger partial charge in [-0.2, -0.15) is 5.10 Å². The number of nitrogens with zero attached hydrogens (tertiary/aromatic N) is 3. The lowest BCUT2D eigenvalue weighted by atomic mass is 10.1. The molecule has 150 valence electrons. The summed E-state index contributed by atoms with van der Waals surface area (Å²) >= 11 is 0. The van der Waals surface area contributed by atoms with E-state index >= 15 is 0 Å². The molecule has 1 fully saturated rings. The standard InChI is InChI=1S/C22H24N4O3/c1-15-9-10-17(13-20(15)26-11-12-28-22(26)27)23-14-19-16(2)24-25(3)21(19)29-18-7-5-4-6-8-18/h4-10,13,23H,11-12,14H2,1-3H3. The van der Waals surface area contributed by atoms with E-state index in [1.807, 2.05) is 69.4 Å². The van der Waals surface area contributed by atoms with Crippen molar-refractivity contribution in [3.63, 3.8) is 0 Å². The molecule has 1 saturated heterocycles. The zero-order valence-corrected chi connectivity index (χ0v) is 16.8. The van der Waals surface area contributed by atoms with Gasteiger partial charge in [0.2, 0.25) is 5.88 Å². The number of cyclic esters (lactones) is 1. The predicted octanol–water partition coefficient (Wildman–Crippen LogP) is 4.40. The van der Waals surface area contributed by atoms with E-state index in [0.717, 1.165) is 33.9 Å². The van der Waals surface area contributed by atoms with Crippen LogP contribution < -0.4 is 15.0 Å². The number of para-hydroxylation sites is 1. The summed E-state index contributed by atoms with van der Waals surface area (Å²) in [6.07, 6.45) is -0.299. The Labute approximate surface area is 169 Å². The molecule has 1 N–H and O–H groups in total. The monoisotopic (exact) mass is 392 g/mol. The van der Waals surface area contributed by atoms with Crippen LogP contribution in [0, 0.1) is 13.8 Å². The van der Waals surface area contributed by atoms with Crippen molar-refractivity contribution < 1.29 is 14.3 Å². The average Bonchev–Trinajstić information content (AvgIpc) is 3.25. The number of amides is 1. The summed E-state index contributed by atoms with van der Waals surface area (Å²) in [5.74, 6) is 1.47. The summed E-state index contributed by atoms with van der Waals surface area (Å²) in [5, 5.41) is 7.94. The molecule has 0 aliphatic carbocycles. The largest absolute Gasteiger partial charge is 0.447 e. The van der Waals surface area contributed by atoms with E-state index in [4.69, 9.17) is 9.47 Å². The van der Waals surface area contributed by atoms with Gasteiger partial charge in [0.05, 0.1) is 23.5 Å². The summed E-state index contributed by atoms with van der Waals surface area (Å²) in [6.45, 7) is 5.50. The van der Waals surface area contributed by atoms with Crippen LogP contribution in [0.3, 0.4) is 0 Å². The molecule has 1 amide bonds. The number of carbonyl (C=O) groups is 1. The molecule has 29 heavy (non-hydrogen) atoms. The molecule has 4 rings (SSSR count). The van der Waals surface area contributed by atoms with Crippen molar-refractivity contribution in [2.45, 2.75) is 20.4 Å². The average molecular weight is 392 g/mol. The molecule has 0 atom stereocenters. The van der Waals surface area contributed by atoms with Crippen molar-refractivity contribution >= 4 is 17.5 Å². The molecule has 0 spiro atoms. The summed E-state index contributed by atoms with van der Waals surface area (Å²) < 4.78 is 12.9. The van der Waals surface area contributed by atoms with Gasteiger partial charge in [0.15, 0.2) is 0 Å². The minimum Gasteiger partial charge on any atom is -0.447 e. The Morgan fingerprint density at radius 1 is 1.17 bits per heavy atom. The highest BCUT2D eigenvalue weighted by molar-refractivity contribution is 5.91. The molecule has 0 bridgehead atoms. The van der Waals surface area contributed by atoms with E-state index in [1.54, 1.807) is 9.58 Å². The van der Waals surface area contributed by atoms with Crippen molar-refractivity contribution in [2.24, 2.45) is 7.05 Å². The fraction of sp³-hybridized carbons (Fsp3) is 0.273. The van der Waals surface area contributed by atoms with Crippen LogP contribution in [0.1, 0.15) is 16.8 Å². The minimum absolute atomic E-state index is 0.299. The second-order valence-electron chi connectivity index (χ2n) is 7.03. The molecular weight excluding hydrogens is 368 g/mol. The van der Waals surface area contributed by atoms with Crippen LogP contribution in [0.5, 0.6) is 11.6 Å². The molecule has 1 aliphatic rings. The Morgan fingerprint density at radius 2 is 1.97 bits per heavy atom. The molecule has 0 saturated carbocycles. The van der Waals surface area contributed by atoms with Gasteiger partial charge in [-0.25, -0.2) is 9.48 Å². The molecule has 7 nitrogen and oxygen atoms in total. The second kappa shape index (κ2) is 7.87. The van der Waals surface area contributed by atoms with Gasteiger partial charge in [-0.1, -0.05) is 24.3 Å². The molecular formula is C22H24N4O3. The Balaban J connectivity index is 1.54. The van der Waals surface area contributed by atoms with Gasteiger partial charge in [0.25, 0.3) is 0 Å². The van der Waals surface area contributed by atoms with E-state index in [1.165, 1.54) is 0 Å². The summed E-state index contributed by atoms with van der Waals surface area (Å²) in [5.41, 5.74) is 4.70. The fourth-order valence-corrected chi connectivity index (χ4v) is 3.43. The van der Waals surface area contributed by atoms with Crippen LogP contribution in [0.15, 0.2) is 48.5 Å². The third-order valence-electron chi connectivity index (χ3n) is 4.98. The third-order valence-corrected chi connectivity index (χ3v) is 4.98. The Kier molecular flexibility index (Phi) is 5.12. The van der Waals surface area contributed by atoms with Crippen molar-refractivity contribution in [3.8, 4) is 11.6 Å². The van der Waals surface area contributed by atoms with Gasteiger partial charge in [-0.15, -0.1) is 0 Å². The highest BCUT2D eigenvalue weighted by Gasteiger charge is 2.25. The number of hydrogen-bond donors (Lipinski definition) is 1. The van der Waals surface area contributed by atoms with Crippen molar-refractivity contribution in [1.82, 2.24) is 9.78 Å². The first-order valence-electron chi connectivity index (χ1n) is 9.57. The number of benzene rings is 2. The molecule has 0 unspecified atom stereocenters. The maximum Gasteiger partial charge on any atom is 0.414 e. The Bertz CT molecular complexity index is 1030. The molecule has 3 aromatic rings. The topological polar surface area (TPSA) is 68.6 Å². The number of anilines is 2. The van der Waals surface area contributed by atoms with Crippen molar-refractivity contribution in [1.29, 1.82) is 0 Å². The summed E-state index contributed by atoms with van der Waals surface area (Å²) in [7, 11) is 1.87. The maximum atomic E-state index is 11.9. The molecule has 2 heterocycles. The molecule has 0 radical (unpaired) electrons. The molecule has 2 aromatic carbocycles. The van der Waals surface area contributed by atoms with Gasteiger partial charge < -0.3 is 14.8 Å². The lowest BCUT2D eigenvalue weighted by Crippen LogP contribution is -2.24. The zero-order valence-electron chi connectivity index (χ0n) is 16.8. The van der Waals surface area contributed by atoms with Crippen LogP contribution in [-0.2, 0) is 18.3 Å². The number of carbonyl (C=O) groups excluding carboxylic acids is 1. The first kappa shape index (κ1) is 18.9. The lowest BCUT2D eigenvalue weighted by molar-refractivity contribution is 0.181. The Morgan fingerprint density at radius 3 is 2.69 bits per heavy atom. The minimum atomic E-state index is -0.299. The van der Waals surface area contributed by atoms with Gasteiger partial charge >= 0.3 is 6.09 Å². The second-order valence-corrected chi connectivity index (χ2v) is 7.03. The van der Waals surface area contributed by atoms with Gasteiger partial charge in [-0.3, -0.25) is 4.90 Å². The SMILES string of the molecule is Cc1ccc(NCc2c(C)nn(C)c2Oc2ccccc2)cc1N1CCOC1=O. The van der Waals surface area contributed by atoms with E-state index in [-0.39, 0.29) is 6.09 Å². The number of hydrogen-bond acceptors (Lipinski definition) is 5. The third kappa shape index (κ3) is 3.89. The highest BCUT2D eigenvalue weighted by Crippen LogP contribution is 2.30. The number of rotatable bonds is 6. The Hall–Kier alpha value is -3.48. The van der Waals surface area contributed by atoms with E-state index in [2.05, 4.69) is 10.4 Å². The molecule has 7 heteroatoms. The number of aromatic nitrogens is 2. The smallest absolute Gasteiger partial charge is 0.414 e. The zero-order chi connectivity index (χ0) is 20.4. The van der Waals surface area contributed by atoms with Crippen molar-refractivity contribution in [3.05, 3.63) is 65.4 Å². The number of aryl methyl sites for hydroxylation is 3. The first-order valence-corrected chi connectivity index (χ1v) is 9.57. The normalized spacial score (nSPS) is 13.5.